The van der Waals surface area contributed by atoms with E-state index in [1.807, 2.05) is 19.2 Å². The highest BCUT2D eigenvalue weighted by atomic mass is 16.5. The molecule has 0 unspecified atom stereocenters. The van der Waals surface area contributed by atoms with Crippen molar-refractivity contribution in [3.8, 4) is 0 Å². The van der Waals surface area contributed by atoms with Crippen LogP contribution in [0.1, 0.15) is 25.1 Å². The minimum atomic E-state index is -0.110. The third-order valence-electron chi connectivity index (χ3n) is 2.35. The maximum atomic E-state index is 11.7. The highest BCUT2D eigenvalue weighted by Gasteiger charge is 2.12. The summed E-state index contributed by atoms with van der Waals surface area (Å²) in [5.41, 5.74) is 0. The fourth-order valence-electron chi connectivity index (χ4n) is 1.52. The zero-order valence-corrected chi connectivity index (χ0v) is 9.75. The SMILES string of the molecule is Cc1cc(NC(=O)C[C@H](C)n2cccn2)no1. The quantitative estimate of drug-likeness (QED) is 0.875. The first-order valence-electron chi connectivity index (χ1n) is 5.37. The van der Waals surface area contributed by atoms with Crippen LogP contribution in [0.25, 0.3) is 0 Å². The minimum absolute atomic E-state index is 0.0120. The molecule has 17 heavy (non-hydrogen) atoms. The fraction of sp³-hybridized carbons (Fsp3) is 0.364. The highest BCUT2D eigenvalue weighted by molar-refractivity contribution is 5.89. The molecular weight excluding hydrogens is 220 g/mol. The molecule has 0 saturated heterocycles. The van der Waals surface area contributed by atoms with E-state index in [1.165, 1.54) is 0 Å². The van der Waals surface area contributed by atoms with Gasteiger partial charge in [0.05, 0.1) is 6.04 Å². The van der Waals surface area contributed by atoms with Crippen molar-refractivity contribution < 1.29 is 9.32 Å². The molecule has 1 amide bonds. The molecule has 2 aromatic rings. The van der Waals surface area contributed by atoms with Gasteiger partial charge in [-0.05, 0) is 19.9 Å². The first-order chi connectivity index (χ1) is 8.15. The van der Waals surface area contributed by atoms with Crippen molar-refractivity contribution in [1.82, 2.24) is 14.9 Å². The molecule has 90 valence electrons. The first-order valence-corrected chi connectivity index (χ1v) is 5.37. The number of nitrogens with zero attached hydrogens (tertiary/aromatic N) is 3. The third kappa shape index (κ3) is 2.93. The van der Waals surface area contributed by atoms with Crippen molar-refractivity contribution in [3.63, 3.8) is 0 Å². The van der Waals surface area contributed by atoms with Crippen LogP contribution in [0.15, 0.2) is 29.0 Å². The van der Waals surface area contributed by atoms with Crippen LogP contribution < -0.4 is 5.32 Å². The number of carbonyl (C=O) groups excluding carboxylic acids is 1. The van der Waals surface area contributed by atoms with Crippen molar-refractivity contribution in [2.75, 3.05) is 5.32 Å². The summed E-state index contributed by atoms with van der Waals surface area (Å²) in [5, 5.41) is 10.4. The molecule has 6 nitrogen and oxygen atoms in total. The third-order valence-corrected chi connectivity index (χ3v) is 2.35. The fourth-order valence-corrected chi connectivity index (χ4v) is 1.52. The van der Waals surface area contributed by atoms with Gasteiger partial charge in [-0.15, -0.1) is 0 Å². The summed E-state index contributed by atoms with van der Waals surface area (Å²) in [5.74, 6) is 1.00. The van der Waals surface area contributed by atoms with Crippen molar-refractivity contribution in [2.45, 2.75) is 26.3 Å². The number of amides is 1. The summed E-state index contributed by atoms with van der Waals surface area (Å²) in [7, 11) is 0. The predicted molar refractivity (Wildman–Crippen MR) is 61.4 cm³/mol. The molecule has 6 heteroatoms. The Morgan fingerprint density at radius 2 is 2.47 bits per heavy atom. The number of hydrogen-bond donors (Lipinski definition) is 1. The summed E-state index contributed by atoms with van der Waals surface area (Å²) in [6.45, 7) is 3.70. The van der Waals surface area contributed by atoms with E-state index in [0.29, 0.717) is 18.0 Å². The van der Waals surface area contributed by atoms with E-state index in [4.69, 9.17) is 4.52 Å². The van der Waals surface area contributed by atoms with Crippen LogP contribution >= 0.6 is 0 Å². The second-order valence-electron chi connectivity index (χ2n) is 3.91. The Labute approximate surface area is 98.6 Å². The van der Waals surface area contributed by atoms with E-state index < -0.39 is 0 Å². The molecule has 0 saturated carbocycles. The van der Waals surface area contributed by atoms with Gasteiger partial charge in [0.25, 0.3) is 0 Å². The second-order valence-corrected chi connectivity index (χ2v) is 3.91. The predicted octanol–water partition coefficient (Wildman–Crippen LogP) is 1.77. The van der Waals surface area contributed by atoms with Gasteiger partial charge >= 0.3 is 0 Å². The van der Waals surface area contributed by atoms with Crippen LogP contribution in [0.3, 0.4) is 0 Å². The van der Waals surface area contributed by atoms with Crippen molar-refractivity contribution in [1.29, 1.82) is 0 Å². The van der Waals surface area contributed by atoms with Gasteiger partial charge in [0.15, 0.2) is 5.82 Å². The van der Waals surface area contributed by atoms with Gasteiger partial charge in [-0.3, -0.25) is 9.48 Å². The Hall–Kier alpha value is -2.11. The van der Waals surface area contributed by atoms with Crippen LogP contribution in [0, 0.1) is 6.92 Å². The molecule has 0 aliphatic rings. The topological polar surface area (TPSA) is 73.0 Å². The second kappa shape index (κ2) is 4.82. The Kier molecular flexibility index (Phi) is 3.22. The Morgan fingerprint density at radius 1 is 1.65 bits per heavy atom. The number of aromatic nitrogens is 3. The zero-order chi connectivity index (χ0) is 12.3. The van der Waals surface area contributed by atoms with Crippen molar-refractivity contribution >= 4 is 11.7 Å². The van der Waals surface area contributed by atoms with Gasteiger partial charge in [0, 0.05) is 24.9 Å². The van der Waals surface area contributed by atoms with Gasteiger partial charge in [-0.2, -0.15) is 5.10 Å². The molecule has 1 atom stereocenters. The van der Waals surface area contributed by atoms with Crippen molar-refractivity contribution in [2.24, 2.45) is 0 Å². The zero-order valence-electron chi connectivity index (χ0n) is 9.75. The van der Waals surface area contributed by atoms with Crippen LogP contribution in [-0.2, 0) is 4.79 Å². The summed E-state index contributed by atoms with van der Waals surface area (Å²) in [6, 6.07) is 3.52. The standard InChI is InChI=1S/C11H14N4O2/c1-8(15-5-3-4-12-15)6-11(16)13-10-7-9(2)17-14-10/h3-5,7-8H,6H2,1-2H3,(H,13,14,16)/t8-/m0/s1. The number of rotatable bonds is 4. The van der Waals surface area contributed by atoms with Crippen molar-refractivity contribution in [3.05, 3.63) is 30.3 Å². The summed E-state index contributed by atoms with van der Waals surface area (Å²) in [6.07, 6.45) is 3.86. The monoisotopic (exact) mass is 234 g/mol. The number of carbonyl (C=O) groups is 1. The lowest BCUT2D eigenvalue weighted by Crippen LogP contribution is -2.18. The number of aryl methyl sites for hydroxylation is 1. The van der Waals surface area contributed by atoms with E-state index in [-0.39, 0.29) is 11.9 Å². The maximum Gasteiger partial charge on any atom is 0.227 e. The molecule has 0 spiro atoms. The summed E-state index contributed by atoms with van der Waals surface area (Å²) in [4.78, 5) is 11.7. The molecule has 0 radical (unpaired) electrons. The average Bonchev–Trinajstić information content (AvgIpc) is 2.89. The molecule has 0 aliphatic carbocycles. The van der Waals surface area contributed by atoms with Gasteiger partial charge in [-0.25, -0.2) is 0 Å². The molecule has 2 aromatic heterocycles. The molecule has 0 fully saturated rings. The van der Waals surface area contributed by atoms with E-state index >= 15 is 0 Å². The van der Waals surface area contributed by atoms with Gasteiger partial charge in [0.1, 0.15) is 5.76 Å². The summed E-state index contributed by atoms with van der Waals surface area (Å²) >= 11 is 0. The smallest absolute Gasteiger partial charge is 0.227 e. The minimum Gasteiger partial charge on any atom is -0.360 e. The molecule has 2 heterocycles. The number of hydrogen-bond acceptors (Lipinski definition) is 4. The molecule has 0 bridgehead atoms. The Bertz CT molecular complexity index is 489. The Balaban J connectivity index is 1.89. The lowest BCUT2D eigenvalue weighted by atomic mass is 10.2. The maximum absolute atomic E-state index is 11.7. The lowest BCUT2D eigenvalue weighted by Gasteiger charge is -2.10. The molecular formula is C11H14N4O2. The summed E-state index contributed by atoms with van der Waals surface area (Å²) < 4.78 is 6.60. The molecule has 1 N–H and O–H groups in total. The molecule has 2 rings (SSSR count). The van der Waals surface area contributed by atoms with E-state index in [2.05, 4.69) is 15.6 Å². The van der Waals surface area contributed by atoms with Gasteiger partial charge < -0.3 is 9.84 Å². The van der Waals surface area contributed by atoms with E-state index in [1.54, 1.807) is 23.9 Å². The molecule has 0 aliphatic heterocycles. The lowest BCUT2D eigenvalue weighted by molar-refractivity contribution is -0.116. The number of anilines is 1. The van der Waals surface area contributed by atoms with Crippen LogP contribution in [0.4, 0.5) is 5.82 Å². The molecule has 0 aromatic carbocycles. The normalized spacial score (nSPS) is 12.4. The van der Waals surface area contributed by atoms with E-state index in [9.17, 15) is 4.79 Å². The largest absolute Gasteiger partial charge is 0.360 e. The van der Waals surface area contributed by atoms with Crippen LogP contribution in [0.2, 0.25) is 0 Å². The highest BCUT2D eigenvalue weighted by Crippen LogP contribution is 2.12. The average molecular weight is 234 g/mol. The van der Waals surface area contributed by atoms with Gasteiger partial charge in [-0.1, -0.05) is 5.16 Å². The van der Waals surface area contributed by atoms with Gasteiger partial charge in [0.2, 0.25) is 5.91 Å². The first kappa shape index (κ1) is 11.4. The van der Waals surface area contributed by atoms with E-state index in [0.717, 1.165) is 0 Å². The van der Waals surface area contributed by atoms with Crippen LogP contribution in [0.5, 0.6) is 0 Å². The van der Waals surface area contributed by atoms with Crippen LogP contribution in [-0.4, -0.2) is 20.8 Å². The Morgan fingerprint density at radius 3 is 3.06 bits per heavy atom. The number of nitrogens with one attached hydrogen (secondary N) is 1.